The van der Waals surface area contributed by atoms with E-state index in [-0.39, 0.29) is 29.1 Å². The highest BCUT2D eigenvalue weighted by Gasteiger charge is 2.22. The summed E-state index contributed by atoms with van der Waals surface area (Å²) in [5.74, 6) is -1.97. The molecule has 36 heavy (non-hydrogen) atoms. The largest absolute Gasteiger partial charge is 0.398 e. The Bertz CT molecular complexity index is 1260. The van der Waals surface area contributed by atoms with Crippen LogP contribution in [0.5, 0.6) is 0 Å². The van der Waals surface area contributed by atoms with Gasteiger partial charge in [0.1, 0.15) is 5.82 Å². The van der Waals surface area contributed by atoms with Gasteiger partial charge in [0.2, 0.25) is 0 Å². The molecule has 2 aromatic carbocycles. The molecule has 0 bridgehead atoms. The van der Waals surface area contributed by atoms with Gasteiger partial charge in [-0.1, -0.05) is 35.9 Å². The molecule has 1 amide bonds. The third-order valence-corrected chi connectivity index (χ3v) is 5.76. The van der Waals surface area contributed by atoms with E-state index in [0.29, 0.717) is 17.0 Å². The third kappa shape index (κ3) is 6.91. The zero-order chi connectivity index (χ0) is 26.1. The minimum Gasteiger partial charge on any atom is -0.398 e. The molecule has 7 nitrogen and oxygen atoms in total. The van der Waals surface area contributed by atoms with Gasteiger partial charge in [-0.2, -0.15) is 0 Å². The van der Waals surface area contributed by atoms with Gasteiger partial charge < -0.3 is 21.0 Å². The van der Waals surface area contributed by atoms with Crippen molar-refractivity contribution in [2.75, 3.05) is 13.7 Å². The molecule has 0 aliphatic heterocycles. The van der Waals surface area contributed by atoms with Crippen LogP contribution in [0.3, 0.4) is 0 Å². The van der Waals surface area contributed by atoms with E-state index in [4.69, 9.17) is 27.5 Å². The minimum atomic E-state index is -0.753. The number of ether oxygens (including phenoxy) is 1. The lowest BCUT2D eigenvalue weighted by Crippen LogP contribution is -2.30. The summed E-state index contributed by atoms with van der Waals surface area (Å²) in [6.45, 7) is -0.293. The summed E-state index contributed by atoms with van der Waals surface area (Å²) in [6.07, 6.45) is 4.03. The Morgan fingerprint density at radius 1 is 1.22 bits per heavy atom. The Labute approximate surface area is 213 Å². The van der Waals surface area contributed by atoms with E-state index < -0.39 is 23.7 Å². The Kier molecular flexibility index (Phi) is 9.58. The van der Waals surface area contributed by atoms with Crippen molar-refractivity contribution in [3.63, 3.8) is 0 Å². The Morgan fingerprint density at radius 2 is 1.97 bits per heavy atom. The summed E-state index contributed by atoms with van der Waals surface area (Å²) in [6, 6.07) is 16.0. The van der Waals surface area contributed by atoms with Gasteiger partial charge in [0.05, 0.1) is 24.0 Å². The Hall–Kier alpha value is -3.72. The molecule has 3 rings (SSSR count). The van der Waals surface area contributed by atoms with E-state index in [0.717, 1.165) is 11.8 Å². The lowest BCUT2D eigenvalue weighted by Gasteiger charge is -2.20. The number of aromatic nitrogens is 1. The molecule has 0 saturated carbocycles. The number of hydrogen-bond acceptors (Lipinski definition) is 6. The number of carbonyl (C=O) groups is 1. The second kappa shape index (κ2) is 12.8. The number of aliphatic imine (C=N–C) groups is 1. The number of rotatable bonds is 10. The molecule has 9 heteroatoms. The topological polar surface area (TPSA) is 122 Å². The standard InChI is InChI=1S/C27H26ClFN4O3/c1-36-25(16-34)18(13-20-5-2-3-12-32-20)15-33-27(35)21-6-4-7-22(29)26(21)24(31)14-23(30)17-8-10-19(28)11-9-17/h2-12,14-15,18,25,31,34H,13,16,30H2,1H3/b23-14-,31-24?,33-15+/t18?,25-/m1/s1. The molecule has 1 aromatic heterocycles. The van der Waals surface area contributed by atoms with Crippen LogP contribution in [0.25, 0.3) is 5.70 Å². The average Bonchev–Trinajstić information content (AvgIpc) is 2.88. The molecule has 186 valence electrons. The normalized spacial score (nSPS) is 13.5. The van der Waals surface area contributed by atoms with Gasteiger partial charge in [-0.15, -0.1) is 0 Å². The van der Waals surface area contributed by atoms with Crippen molar-refractivity contribution in [1.82, 2.24) is 4.98 Å². The summed E-state index contributed by atoms with van der Waals surface area (Å²) in [4.78, 5) is 21.3. The molecule has 0 radical (unpaired) electrons. The number of allylic oxidation sites excluding steroid dienone is 1. The van der Waals surface area contributed by atoms with Crippen molar-refractivity contribution in [3.8, 4) is 0 Å². The number of carbonyl (C=O) groups excluding carboxylic acids is 1. The molecule has 0 aliphatic carbocycles. The van der Waals surface area contributed by atoms with Gasteiger partial charge >= 0.3 is 0 Å². The van der Waals surface area contributed by atoms with E-state index in [1.54, 1.807) is 36.5 Å². The minimum absolute atomic E-state index is 0.0917. The van der Waals surface area contributed by atoms with Crippen molar-refractivity contribution < 1.29 is 19.0 Å². The zero-order valence-electron chi connectivity index (χ0n) is 19.6. The SMILES string of the molecule is CO[C@H](CO)C(/C=N/C(=O)c1cccc(F)c1C(=N)/C=C(\N)c1ccc(Cl)cc1)Cc1ccccn1. The van der Waals surface area contributed by atoms with Gasteiger partial charge in [-0.3, -0.25) is 9.78 Å². The fraction of sp³-hybridized carbons (Fsp3) is 0.185. The molecule has 1 unspecified atom stereocenters. The predicted molar refractivity (Wildman–Crippen MR) is 139 cm³/mol. The van der Waals surface area contributed by atoms with Crippen LogP contribution in [-0.2, 0) is 11.2 Å². The highest BCUT2D eigenvalue weighted by Crippen LogP contribution is 2.20. The highest BCUT2D eigenvalue weighted by molar-refractivity contribution is 6.30. The molecular weight excluding hydrogens is 483 g/mol. The van der Waals surface area contributed by atoms with E-state index in [1.165, 1.54) is 31.5 Å². The number of nitrogens with two attached hydrogens (primary N) is 1. The maximum atomic E-state index is 14.8. The van der Waals surface area contributed by atoms with Crippen molar-refractivity contribution >= 4 is 35.1 Å². The third-order valence-electron chi connectivity index (χ3n) is 5.51. The summed E-state index contributed by atoms with van der Waals surface area (Å²) in [7, 11) is 1.45. The van der Waals surface area contributed by atoms with Crippen LogP contribution < -0.4 is 5.73 Å². The highest BCUT2D eigenvalue weighted by atomic mass is 35.5. The first-order valence-corrected chi connectivity index (χ1v) is 11.4. The Morgan fingerprint density at radius 3 is 2.61 bits per heavy atom. The van der Waals surface area contributed by atoms with Crippen molar-refractivity contribution in [3.05, 3.63) is 106 Å². The van der Waals surface area contributed by atoms with Crippen LogP contribution in [0.4, 0.5) is 4.39 Å². The van der Waals surface area contributed by atoms with Gasteiger partial charge in [-0.05, 0) is 54.5 Å². The number of nitrogens with one attached hydrogen (secondary N) is 1. The van der Waals surface area contributed by atoms with Crippen LogP contribution in [0, 0.1) is 17.1 Å². The van der Waals surface area contributed by atoms with Gasteiger partial charge in [0, 0.05) is 47.4 Å². The predicted octanol–water partition coefficient (Wildman–Crippen LogP) is 4.32. The van der Waals surface area contributed by atoms with Crippen molar-refractivity contribution in [2.45, 2.75) is 12.5 Å². The monoisotopic (exact) mass is 508 g/mol. The zero-order valence-corrected chi connectivity index (χ0v) is 20.3. The number of hydrogen-bond donors (Lipinski definition) is 3. The summed E-state index contributed by atoms with van der Waals surface area (Å²) < 4.78 is 20.1. The maximum absolute atomic E-state index is 14.8. The van der Waals surface area contributed by atoms with Crippen LogP contribution in [-0.4, -0.2) is 47.7 Å². The first-order valence-electron chi connectivity index (χ1n) is 11.1. The number of methoxy groups -OCH3 is 1. The molecule has 2 atom stereocenters. The summed E-state index contributed by atoms with van der Waals surface area (Å²) in [5.41, 5.74) is 7.03. The molecule has 4 N–H and O–H groups in total. The van der Waals surface area contributed by atoms with Gasteiger partial charge in [0.15, 0.2) is 0 Å². The van der Waals surface area contributed by atoms with Crippen LogP contribution >= 0.6 is 11.6 Å². The number of benzene rings is 2. The van der Waals surface area contributed by atoms with Crippen LogP contribution in [0.15, 0.2) is 77.9 Å². The second-order valence-electron chi connectivity index (χ2n) is 7.91. The quantitative estimate of drug-likeness (QED) is 0.352. The molecule has 1 heterocycles. The first-order chi connectivity index (χ1) is 17.3. The number of halogens is 2. The smallest absolute Gasteiger partial charge is 0.277 e. The van der Waals surface area contributed by atoms with E-state index in [1.807, 2.05) is 12.1 Å². The van der Waals surface area contributed by atoms with Gasteiger partial charge in [0.25, 0.3) is 5.91 Å². The van der Waals surface area contributed by atoms with Crippen LogP contribution in [0.1, 0.15) is 27.2 Å². The number of pyridine rings is 1. The molecule has 0 aliphatic rings. The molecule has 3 aromatic rings. The lowest BCUT2D eigenvalue weighted by molar-refractivity contribution is 0.0271. The first kappa shape index (κ1) is 26.9. The van der Waals surface area contributed by atoms with E-state index >= 15 is 0 Å². The number of aliphatic hydroxyl groups excluding tert-OH is 1. The van der Waals surface area contributed by atoms with Crippen molar-refractivity contribution in [2.24, 2.45) is 16.6 Å². The fourth-order valence-electron chi connectivity index (χ4n) is 3.59. The van der Waals surface area contributed by atoms with Gasteiger partial charge in [-0.25, -0.2) is 9.38 Å². The second-order valence-corrected chi connectivity index (χ2v) is 8.35. The molecular formula is C27H26ClFN4O3. The fourth-order valence-corrected chi connectivity index (χ4v) is 3.71. The summed E-state index contributed by atoms with van der Waals surface area (Å²) >= 11 is 5.90. The average molecular weight is 509 g/mol. The number of amides is 1. The Balaban J connectivity index is 1.89. The number of nitrogens with zero attached hydrogens (tertiary/aromatic N) is 2. The van der Waals surface area contributed by atoms with Crippen LogP contribution in [0.2, 0.25) is 5.02 Å². The maximum Gasteiger partial charge on any atom is 0.277 e. The summed E-state index contributed by atoms with van der Waals surface area (Å²) in [5, 5.41) is 18.7. The van der Waals surface area contributed by atoms with Crippen molar-refractivity contribution in [1.29, 1.82) is 5.41 Å². The molecule has 0 spiro atoms. The number of aliphatic hydroxyl groups is 1. The molecule has 0 saturated heterocycles. The van der Waals surface area contributed by atoms with E-state index in [9.17, 15) is 14.3 Å². The van der Waals surface area contributed by atoms with E-state index in [2.05, 4.69) is 9.98 Å². The lowest BCUT2D eigenvalue weighted by atomic mass is 9.97. The molecule has 0 fully saturated rings.